The molecule has 8 heteroatoms. The number of benzene rings is 2. The largest absolute Gasteiger partial charge is 0.391 e. The quantitative estimate of drug-likeness (QED) is 0.663. The van der Waals surface area contributed by atoms with Crippen molar-refractivity contribution in [3.63, 3.8) is 0 Å². The number of imide groups is 2. The van der Waals surface area contributed by atoms with Gasteiger partial charge in [0.15, 0.2) is 0 Å². The summed E-state index contributed by atoms with van der Waals surface area (Å²) in [4.78, 5) is 51.4. The predicted molar refractivity (Wildman–Crippen MR) is 105 cm³/mol. The van der Waals surface area contributed by atoms with Crippen LogP contribution >= 0.6 is 0 Å². The molecule has 2 heterocycles. The van der Waals surface area contributed by atoms with Crippen LogP contribution in [-0.2, 0) is 0 Å². The molecule has 2 N–H and O–H groups in total. The number of hydrogen-bond acceptors (Lipinski definition) is 6. The molecule has 0 radical (unpaired) electrons. The highest BCUT2D eigenvalue weighted by atomic mass is 16.3. The second-order valence-electron chi connectivity index (χ2n) is 7.42. The first-order chi connectivity index (χ1) is 14.4. The Bertz CT molecular complexity index is 896. The minimum atomic E-state index is -1.04. The van der Waals surface area contributed by atoms with Crippen molar-refractivity contribution in [2.24, 2.45) is 0 Å². The number of amides is 4. The summed E-state index contributed by atoms with van der Waals surface area (Å²) in [5.41, 5.74) is 1.22. The van der Waals surface area contributed by atoms with E-state index in [-0.39, 0.29) is 25.9 Å². The molecule has 2 aliphatic rings. The summed E-state index contributed by atoms with van der Waals surface area (Å²) < 4.78 is 0. The van der Waals surface area contributed by atoms with E-state index in [1.54, 1.807) is 48.5 Å². The molecule has 0 aromatic heterocycles. The Morgan fingerprint density at radius 3 is 1.10 bits per heavy atom. The molecule has 30 heavy (non-hydrogen) atoms. The highest BCUT2D eigenvalue weighted by molar-refractivity contribution is 6.22. The Morgan fingerprint density at radius 1 is 0.567 bits per heavy atom. The van der Waals surface area contributed by atoms with Gasteiger partial charge >= 0.3 is 0 Å². The van der Waals surface area contributed by atoms with Crippen molar-refractivity contribution in [3.05, 3.63) is 70.8 Å². The minimum Gasteiger partial charge on any atom is -0.391 e. The van der Waals surface area contributed by atoms with E-state index in [2.05, 4.69) is 0 Å². The van der Waals surface area contributed by atoms with Crippen LogP contribution in [0.25, 0.3) is 0 Å². The van der Waals surface area contributed by atoms with E-state index in [9.17, 15) is 29.4 Å². The summed E-state index contributed by atoms with van der Waals surface area (Å²) in [6.45, 7) is -0.377. The van der Waals surface area contributed by atoms with Crippen LogP contribution in [0.4, 0.5) is 0 Å². The summed E-state index contributed by atoms with van der Waals surface area (Å²) in [6.07, 6.45) is -1.89. The van der Waals surface area contributed by atoms with Gasteiger partial charge < -0.3 is 10.2 Å². The van der Waals surface area contributed by atoms with Crippen LogP contribution in [0.15, 0.2) is 48.5 Å². The van der Waals surface area contributed by atoms with E-state index in [4.69, 9.17) is 0 Å². The van der Waals surface area contributed by atoms with Crippen molar-refractivity contribution in [1.82, 2.24) is 9.80 Å². The third kappa shape index (κ3) is 3.40. The molecule has 0 saturated heterocycles. The number of aliphatic hydroxyl groups is 2. The second kappa shape index (κ2) is 7.81. The first-order valence-corrected chi connectivity index (χ1v) is 9.65. The third-order valence-corrected chi connectivity index (χ3v) is 5.38. The van der Waals surface area contributed by atoms with Gasteiger partial charge in [-0.2, -0.15) is 0 Å². The molecule has 4 rings (SSSR count). The highest BCUT2D eigenvalue weighted by Gasteiger charge is 2.37. The van der Waals surface area contributed by atoms with E-state index in [0.717, 1.165) is 9.80 Å². The number of rotatable bonds is 7. The molecule has 8 nitrogen and oxygen atoms in total. The number of hydrogen-bond donors (Lipinski definition) is 2. The SMILES string of the molecule is O=C1c2ccccc2C(=O)N1C[C@H](O)CC[C@H](O)CN1C(=O)c2ccccc2C1=O. The lowest BCUT2D eigenvalue weighted by molar-refractivity contribution is 0.0429. The first-order valence-electron chi connectivity index (χ1n) is 9.65. The van der Waals surface area contributed by atoms with Gasteiger partial charge in [0.25, 0.3) is 23.6 Å². The molecule has 2 aromatic carbocycles. The van der Waals surface area contributed by atoms with Crippen molar-refractivity contribution in [1.29, 1.82) is 0 Å². The monoisotopic (exact) mass is 408 g/mol. The predicted octanol–water partition coefficient (Wildman–Crippen LogP) is 1.08. The summed E-state index contributed by atoms with van der Waals surface area (Å²) in [7, 11) is 0. The second-order valence-corrected chi connectivity index (χ2v) is 7.42. The maximum absolute atomic E-state index is 12.4. The lowest BCUT2D eigenvalue weighted by Crippen LogP contribution is -2.39. The number of carbonyl (C=O) groups excluding carboxylic acids is 4. The maximum Gasteiger partial charge on any atom is 0.261 e. The molecule has 2 aliphatic heterocycles. The summed E-state index contributed by atoms with van der Waals surface area (Å²) in [5.74, 6) is -1.83. The van der Waals surface area contributed by atoms with E-state index in [0.29, 0.717) is 22.3 Å². The normalized spacial score (nSPS) is 17.4. The van der Waals surface area contributed by atoms with Gasteiger partial charge in [-0.15, -0.1) is 0 Å². The zero-order chi connectivity index (χ0) is 21.4. The van der Waals surface area contributed by atoms with Crippen molar-refractivity contribution in [2.45, 2.75) is 25.0 Å². The number of carbonyl (C=O) groups is 4. The number of aliphatic hydroxyl groups excluding tert-OH is 2. The molecule has 0 fully saturated rings. The number of nitrogens with zero attached hydrogens (tertiary/aromatic N) is 2. The Labute approximate surface area is 172 Å². The molecule has 0 unspecified atom stereocenters. The Hall–Kier alpha value is -3.36. The molecule has 154 valence electrons. The topological polar surface area (TPSA) is 115 Å². The fourth-order valence-corrected chi connectivity index (χ4v) is 3.80. The van der Waals surface area contributed by atoms with Crippen molar-refractivity contribution in [3.8, 4) is 0 Å². The fraction of sp³-hybridized carbons (Fsp3) is 0.273. The van der Waals surface area contributed by atoms with Crippen LogP contribution in [0.1, 0.15) is 54.3 Å². The number of β-amino-alcohol motifs (C(OH)–C–C–N with tert-alkyl or cyclic N) is 2. The summed E-state index contributed by atoms with van der Waals surface area (Å²) in [6, 6.07) is 12.9. The maximum atomic E-state index is 12.4. The van der Waals surface area contributed by atoms with Crippen LogP contribution in [-0.4, -0.2) is 68.9 Å². The van der Waals surface area contributed by atoms with Crippen LogP contribution in [0, 0.1) is 0 Å². The lowest BCUT2D eigenvalue weighted by atomic mass is 10.1. The Kier molecular flexibility index (Phi) is 5.19. The lowest BCUT2D eigenvalue weighted by Gasteiger charge is -2.21. The third-order valence-electron chi connectivity index (χ3n) is 5.38. The Balaban J connectivity index is 1.30. The Morgan fingerprint density at radius 2 is 0.833 bits per heavy atom. The summed E-state index contributed by atoms with van der Waals surface area (Å²) >= 11 is 0. The summed E-state index contributed by atoms with van der Waals surface area (Å²) in [5, 5.41) is 20.6. The van der Waals surface area contributed by atoms with E-state index < -0.39 is 35.8 Å². The average Bonchev–Trinajstić information content (AvgIpc) is 3.13. The average molecular weight is 408 g/mol. The van der Waals surface area contributed by atoms with Gasteiger partial charge in [-0.25, -0.2) is 0 Å². The van der Waals surface area contributed by atoms with Crippen LogP contribution in [0.5, 0.6) is 0 Å². The van der Waals surface area contributed by atoms with Gasteiger partial charge in [0, 0.05) is 0 Å². The van der Waals surface area contributed by atoms with E-state index >= 15 is 0 Å². The van der Waals surface area contributed by atoms with Gasteiger partial charge in [0.05, 0.1) is 47.6 Å². The standard InChI is InChI=1S/C22H20N2O6/c25-13(11-23-19(27)15-5-1-2-6-16(15)20(23)28)9-10-14(26)12-24-21(29)17-7-3-4-8-18(17)22(24)30/h1-8,13-14,25-26H,9-12H2/t13-,14+. The molecule has 2 aromatic rings. The molecule has 0 spiro atoms. The van der Waals surface area contributed by atoms with Gasteiger partial charge in [0.2, 0.25) is 0 Å². The molecular formula is C22H20N2O6. The van der Waals surface area contributed by atoms with Gasteiger partial charge in [-0.3, -0.25) is 29.0 Å². The molecule has 0 saturated carbocycles. The smallest absolute Gasteiger partial charge is 0.261 e. The van der Waals surface area contributed by atoms with Crippen LogP contribution in [0.2, 0.25) is 0 Å². The van der Waals surface area contributed by atoms with Crippen molar-refractivity contribution in [2.75, 3.05) is 13.1 Å². The zero-order valence-corrected chi connectivity index (χ0v) is 16.0. The highest BCUT2D eigenvalue weighted by Crippen LogP contribution is 2.24. The molecule has 0 aliphatic carbocycles. The number of fused-ring (bicyclic) bond motifs is 2. The van der Waals surface area contributed by atoms with Crippen molar-refractivity contribution >= 4 is 23.6 Å². The minimum absolute atomic E-state index is 0.0950. The van der Waals surface area contributed by atoms with Crippen LogP contribution < -0.4 is 0 Å². The zero-order valence-electron chi connectivity index (χ0n) is 16.0. The molecular weight excluding hydrogens is 388 g/mol. The molecule has 2 atom stereocenters. The van der Waals surface area contributed by atoms with E-state index in [1.165, 1.54) is 0 Å². The molecule has 4 amide bonds. The van der Waals surface area contributed by atoms with Crippen molar-refractivity contribution < 1.29 is 29.4 Å². The molecule has 0 bridgehead atoms. The fourth-order valence-electron chi connectivity index (χ4n) is 3.80. The van der Waals surface area contributed by atoms with Crippen LogP contribution in [0.3, 0.4) is 0 Å². The van der Waals surface area contributed by atoms with E-state index in [1.807, 2.05) is 0 Å². The first kappa shape index (κ1) is 19.9. The van der Waals surface area contributed by atoms with Gasteiger partial charge in [-0.1, -0.05) is 24.3 Å². The van der Waals surface area contributed by atoms with Gasteiger partial charge in [0.1, 0.15) is 0 Å². The van der Waals surface area contributed by atoms with Gasteiger partial charge in [-0.05, 0) is 37.1 Å².